The van der Waals surface area contributed by atoms with E-state index in [1.807, 2.05) is 36.1 Å². The van der Waals surface area contributed by atoms with Crippen LogP contribution in [0.25, 0.3) is 0 Å². The van der Waals surface area contributed by atoms with Crippen LogP contribution in [-0.4, -0.2) is 55.7 Å². The number of urea groups is 1. The van der Waals surface area contributed by atoms with Crippen molar-refractivity contribution in [1.29, 1.82) is 0 Å². The van der Waals surface area contributed by atoms with Gasteiger partial charge in [0.15, 0.2) is 0 Å². The fourth-order valence-electron chi connectivity index (χ4n) is 2.79. The van der Waals surface area contributed by atoms with Gasteiger partial charge in [-0.3, -0.25) is 0 Å². The van der Waals surface area contributed by atoms with Gasteiger partial charge in [0.2, 0.25) is 0 Å². The maximum Gasteiger partial charge on any atom is 0.317 e. The molecule has 0 radical (unpaired) electrons. The summed E-state index contributed by atoms with van der Waals surface area (Å²) in [5.41, 5.74) is 1.01. The Labute approximate surface area is 133 Å². The molecule has 1 atom stereocenters. The first-order valence-corrected chi connectivity index (χ1v) is 8.01. The van der Waals surface area contributed by atoms with Crippen molar-refractivity contribution in [2.45, 2.75) is 32.4 Å². The topological polar surface area (TPSA) is 44.8 Å². The number of carbonyl (C=O) groups is 1. The van der Waals surface area contributed by atoms with Crippen LogP contribution in [0.3, 0.4) is 0 Å². The highest BCUT2D eigenvalue weighted by Crippen LogP contribution is 2.18. The van der Waals surface area contributed by atoms with E-state index in [1.165, 1.54) is 0 Å². The molecular formula is C17H27N3O2. The molecule has 0 aromatic heterocycles. The van der Waals surface area contributed by atoms with Crippen LogP contribution in [-0.2, 0) is 6.54 Å². The van der Waals surface area contributed by atoms with Crippen molar-refractivity contribution in [2.75, 3.05) is 33.8 Å². The van der Waals surface area contributed by atoms with Crippen molar-refractivity contribution in [3.63, 3.8) is 0 Å². The van der Waals surface area contributed by atoms with Crippen molar-refractivity contribution in [3.8, 4) is 5.75 Å². The molecule has 0 spiro atoms. The zero-order valence-corrected chi connectivity index (χ0v) is 13.8. The standard InChI is InChI=1S/C17H27N3O2/c1-4-22-16-10-6-5-8-14(16)12-18-17(21)20-11-7-9-15(13-20)19(2)3/h5-6,8,10,15H,4,7,9,11-13H2,1-3H3,(H,18,21). The molecule has 22 heavy (non-hydrogen) atoms. The van der Waals surface area contributed by atoms with Crippen molar-refractivity contribution in [2.24, 2.45) is 0 Å². The summed E-state index contributed by atoms with van der Waals surface area (Å²) in [5, 5.41) is 3.02. The molecule has 0 bridgehead atoms. The van der Waals surface area contributed by atoms with Gasteiger partial charge < -0.3 is 19.9 Å². The second kappa shape index (κ2) is 8.03. The van der Waals surface area contributed by atoms with Crippen molar-refractivity contribution < 1.29 is 9.53 Å². The van der Waals surface area contributed by atoms with E-state index < -0.39 is 0 Å². The summed E-state index contributed by atoms with van der Waals surface area (Å²) in [4.78, 5) is 16.5. The van der Waals surface area contributed by atoms with E-state index in [-0.39, 0.29) is 6.03 Å². The van der Waals surface area contributed by atoms with Gasteiger partial charge in [-0.1, -0.05) is 18.2 Å². The van der Waals surface area contributed by atoms with Gasteiger partial charge in [-0.15, -0.1) is 0 Å². The zero-order chi connectivity index (χ0) is 15.9. The lowest BCUT2D eigenvalue weighted by Crippen LogP contribution is -2.50. The summed E-state index contributed by atoms with van der Waals surface area (Å²) in [6.45, 7) is 4.72. The number of amides is 2. The maximum absolute atomic E-state index is 12.4. The second-order valence-electron chi connectivity index (χ2n) is 5.91. The van der Waals surface area contributed by atoms with Crippen LogP contribution in [0.15, 0.2) is 24.3 Å². The highest BCUT2D eigenvalue weighted by molar-refractivity contribution is 5.74. The molecule has 0 aliphatic carbocycles. The van der Waals surface area contributed by atoms with Crippen LogP contribution < -0.4 is 10.1 Å². The third-order valence-corrected chi connectivity index (χ3v) is 4.12. The summed E-state index contributed by atoms with van der Waals surface area (Å²) >= 11 is 0. The third kappa shape index (κ3) is 4.37. The predicted octanol–water partition coefficient (Wildman–Crippen LogP) is 2.32. The summed E-state index contributed by atoms with van der Waals surface area (Å²) in [7, 11) is 4.15. The quantitative estimate of drug-likeness (QED) is 0.908. The number of para-hydroxylation sites is 1. The fourth-order valence-corrected chi connectivity index (χ4v) is 2.79. The predicted molar refractivity (Wildman–Crippen MR) is 88.1 cm³/mol. The average molecular weight is 305 g/mol. The number of likely N-dealkylation sites (tertiary alicyclic amines) is 1. The highest BCUT2D eigenvalue weighted by atomic mass is 16.5. The number of ether oxygens (including phenoxy) is 1. The van der Waals surface area contributed by atoms with Gasteiger partial charge in [0.05, 0.1) is 6.61 Å². The molecule has 1 saturated heterocycles. The van der Waals surface area contributed by atoms with Crippen LogP contribution in [0.4, 0.5) is 4.79 Å². The number of nitrogens with zero attached hydrogens (tertiary/aromatic N) is 2. The number of benzene rings is 1. The van der Waals surface area contributed by atoms with Gasteiger partial charge >= 0.3 is 6.03 Å². The number of carbonyl (C=O) groups excluding carboxylic acids is 1. The maximum atomic E-state index is 12.4. The molecule has 5 nitrogen and oxygen atoms in total. The van der Waals surface area contributed by atoms with Crippen molar-refractivity contribution in [3.05, 3.63) is 29.8 Å². The van der Waals surface area contributed by atoms with Crippen molar-refractivity contribution in [1.82, 2.24) is 15.1 Å². The number of hydrogen-bond donors (Lipinski definition) is 1. The molecule has 1 heterocycles. The molecule has 0 saturated carbocycles. The Balaban J connectivity index is 1.90. The van der Waals surface area contributed by atoms with Gasteiger partial charge in [-0.05, 0) is 39.9 Å². The van der Waals surface area contributed by atoms with Crippen LogP contribution >= 0.6 is 0 Å². The smallest absolute Gasteiger partial charge is 0.317 e. The van der Waals surface area contributed by atoms with E-state index in [2.05, 4.69) is 24.3 Å². The second-order valence-corrected chi connectivity index (χ2v) is 5.91. The third-order valence-electron chi connectivity index (χ3n) is 4.12. The normalized spacial score (nSPS) is 18.4. The Morgan fingerprint density at radius 1 is 1.41 bits per heavy atom. The molecule has 1 N–H and O–H groups in total. The van der Waals surface area contributed by atoms with Gasteiger partial charge in [0, 0.05) is 31.2 Å². The Morgan fingerprint density at radius 2 is 2.18 bits per heavy atom. The molecule has 1 unspecified atom stereocenters. The molecule has 1 fully saturated rings. The van der Waals surface area contributed by atoms with Gasteiger partial charge in [-0.25, -0.2) is 4.79 Å². The zero-order valence-electron chi connectivity index (χ0n) is 13.8. The van der Waals surface area contributed by atoms with E-state index in [0.29, 0.717) is 19.2 Å². The minimum Gasteiger partial charge on any atom is -0.494 e. The lowest BCUT2D eigenvalue weighted by molar-refractivity contribution is 0.139. The lowest BCUT2D eigenvalue weighted by atomic mass is 10.1. The highest BCUT2D eigenvalue weighted by Gasteiger charge is 2.24. The van der Waals surface area contributed by atoms with Crippen LogP contribution in [0.1, 0.15) is 25.3 Å². The molecule has 1 aliphatic heterocycles. The Hall–Kier alpha value is -1.75. The minimum atomic E-state index is 0.0119. The molecule has 2 rings (SSSR count). The van der Waals surface area contributed by atoms with E-state index >= 15 is 0 Å². The SMILES string of the molecule is CCOc1ccccc1CNC(=O)N1CCCC(N(C)C)C1. The Bertz CT molecular complexity index is 491. The molecule has 122 valence electrons. The van der Waals surface area contributed by atoms with Crippen LogP contribution in [0.5, 0.6) is 5.75 Å². The lowest BCUT2D eigenvalue weighted by Gasteiger charge is -2.36. The fraction of sp³-hybridized carbons (Fsp3) is 0.588. The van der Waals surface area contributed by atoms with E-state index in [0.717, 1.165) is 37.2 Å². The molecule has 5 heteroatoms. The number of piperidine rings is 1. The van der Waals surface area contributed by atoms with Crippen LogP contribution in [0, 0.1) is 0 Å². The molecule has 1 aromatic rings. The number of nitrogens with one attached hydrogen (secondary N) is 1. The molecule has 2 amide bonds. The molecule has 1 aliphatic rings. The van der Waals surface area contributed by atoms with Crippen molar-refractivity contribution >= 4 is 6.03 Å². The largest absolute Gasteiger partial charge is 0.494 e. The average Bonchev–Trinajstić information content (AvgIpc) is 2.54. The first kappa shape index (κ1) is 16.6. The number of hydrogen-bond acceptors (Lipinski definition) is 3. The van der Waals surface area contributed by atoms with Crippen LogP contribution in [0.2, 0.25) is 0 Å². The van der Waals surface area contributed by atoms with Gasteiger partial charge in [0.1, 0.15) is 5.75 Å². The van der Waals surface area contributed by atoms with Gasteiger partial charge in [-0.2, -0.15) is 0 Å². The molecule has 1 aromatic carbocycles. The van der Waals surface area contributed by atoms with E-state index in [4.69, 9.17) is 4.74 Å². The summed E-state index contributed by atoms with van der Waals surface area (Å²) < 4.78 is 5.59. The minimum absolute atomic E-state index is 0.0119. The van der Waals surface area contributed by atoms with E-state index in [1.54, 1.807) is 0 Å². The van der Waals surface area contributed by atoms with E-state index in [9.17, 15) is 4.79 Å². The summed E-state index contributed by atoms with van der Waals surface area (Å²) in [6.07, 6.45) is 2.22. The summed E-state index contributed by atoms with van der Waals surface area (Å²) in [6, 6.07) is 8.31. The number of likely N-dealkylation sites (N-methyl/N-ethyl adjacent to an activating group) is 1. The molecular weight excluding hydrogens is 278 g/mol. The Kier molecular flexibility index (Phi) is 6.07. The number of rotatable bonds is 5. The monoisotopic (exact) mass is 305 g/mol. The summed E-state index contributed by atoms with van der Waals surface area (Å²) in [5.74, 6) is 0.843. The first-order valence-electron chi connectivity index (χ1n) is 8.01. The first-order chi connectivity index (χ1) is 10.6. The Morgan fingerprint density at radius 3 is 2.91 bits per heavy atom. The van der Waals surface area contributed by atoms with Gasteiger partial charge in [0.25, 0.3) is 0 Å².